The lowest BCUT2D eigenvalue weighted by atomic mass is 9.81. The lowest BCUT2D eigenvalue weighted by Gasteiger charge is -2.34. The summed E-state index contributed by atoms with van der Waals surface area (Å²) in [7, 11) is 1.86. The molecular weight excluding hydrogens is 495 g/mol. The summed E-state index contributed by atoms with van der Waals surface area (Å²) in [5.74, 6) is 5.57. The van der Waals surface area contributed by atoms with Crippen LogP contribution in [0.2, 0.25) is 0 Å². The van der Waals surface area contributed by atoms with Gasteiger partial charge in [0.1, 0.15) is 0 Å². The average molecular weight is 537 g/mol. The average Bonchev–Trinajstić information content (AvgIpc) is 2.74. The predicted octanol–water partition coefficient (Wildman–Crippen LogP) is 4.12. The van der Waals surface area contributed by atoms with Crippen LogP contribution in [0.4, 0.5) is 0 Å². The molecule has 0 aromatic rings. The Hall–Kier alpha value is -0.180. The summed E-state index contributed by atoms with van der Waals surface area (Å²) in [6, 6.07) is 0.446. The summed E-state index contributed by atoms with van der Waals surface area (Å²) in [6.45, 7) is 5.29. The van der Waals surface area contributed by atoms with Crippen LogP contribution in [-0.2, 0) is 4.79 Å². The number of carbonyl (C=O) groups excluding carboxylic acids is 1. The number of amides is 1. The van der Waals surface area contributed by atoms with E-state index in [1.54, 1.807) is 0 Å². The summed E-state index contributed by atoms with van der Waals surface area (Å²) in [5.41, 5.74) is 0. The molecular formula is C22H41IN4OS. The van der Waals surface area contributed by atoms with Crippen LogP contribution in [-0.4, -0.2) is 61.0 Å². The van der Waals surface area contributed by atoms with Gasteiger partial charge < -0.3 is 15.5 Å². The van der Waals surface area contributed by atoms with E-state index >= 15 is 0 Å². The van der Waals surface area contributed by atoms with E-state index in [1.165, 1.54) is 32.1 Å². The first-order valence-corrected chi connectivity index (χ1v) is 12.6. The summed E-state index contributed by atoms with van der Waals surface area (Å²) in [4.78, 5) is 19.2. The van der Waals surface area contributed by atoms with Crippen molar-refractivity contribution in [3.05, 3.63) is 0 Å². The molecule has 29 heavy (non-hydrogen) atoms. The van der Waals surface area contributed by atoms with E-state index in [4.69, 9.17) is 0 Å². The molecule has 1 amide bonds. The van der Waals surface area contributed by atoms with Gasteiger partial charge in [0.25, 0.3) is 0 Å². The number of hydrogen-bond acceptors (Lipinski definition) is 3. The molecule has 5 nitrogen and oxygen atoms in total. The van der Waals surface area contributed by atoms with Crippen LogP contribution in [0.25, 0.3) is 0 Å². The minimum absolute atomic E-state index is 0. The number of nitrogens with zero attached hydrogens (tertiary/aromatic N) is 2. The van der Waals surface area contributed by atoms with Gasteiger partial charge in [0.2, 0.25) is 5.91 Å². The van der Waals surface area contributed by atoms with Crippen LogP contribution in [0.3, 0.4) is 0 Å². The fraction of sp³-hybridized carbons (Fsp3) is 0.909. The van der Waals surface area contributed by atoms with Gasteiger partial charge in [-0.15, -0.1) is 24.0 Å². The van der Waals surface area contributed by atoms with Gasteiger partial charge in [0.05, 0.1) is 0 Å². The standard InChI is InChI=1S/C22H40N4OS.HI/c1-17-4-3-5-18(16-17)10-11-24-22(23-2)25-20-8-6-19(7-9-20)21(27)26-12-14-28-15-13-26;/h17-20H,3-16H2,1-2H3,(H2,23,24,25);1H. The van der Waals surface area contributed by atoms with Crippen molar-refractivity contribution in [3.63, 3.8) is 0 Å². The maximum atomic E-state index is 12.7. The van der Waals surface area contributed by atoms with Crippen LogP contribution in [0, 0.1) is 17.8 Å². The molecule has 0 spiro atoms. The molecule has 1 saturated heterocycles. The summed E-state index contributed by atoms with van der Waals surface area (Å²) in [6.07, 6.45) is 11.0. The molecule has 2 saturated carbocycles. The van der Waals surface area contributed by atoms with Gasteiger partial charge in [-0.2, -0.15) is 11.8 Å². The molecule has 2 unspecified atom stereocenters. The highest BCUT2D eigenvalue weighted by Gasteiger charge is 2.30. The quantitative estimate of drug-likeness (QED) is 0.316. The molecule has 1 aliphatic heterocycles. The van der Waals surface area contributed by atoms with Gasteiger partial charge in [0.15, 0.2) is 5.96 Å². The monoisotopic (exact) mass is 536 g/mol. The fourth-order valence-corrected chi connectivity index (χ4v) is 6.03. The van der Waals surface area contributed by atoms with Crippen LogP contribution >= 0.6 is 35.7 Å². The van der Waals surface area contributed by atoms with Crippen LogP contribution in [0.5, 0.6) is 0 Å². The number of thioether (sulfide) groups is 1. The van der Waals surface area contributed by atoms with E-state index in [-0.39, 0.29) is 29.9 Å². The molecule has 168 valence electrons. The first kappa shape index (κ1) is 25.1. The Kier molecular flexibility index (Phi) is 11.5. The van der Waals surface area contributed by atoms with E-state index in [1.807, 2.05) is 18.8 Å². The highest BCUT2D eigenvalue weighted by atomic mass is 127. The number of carbonyl (C=O) groups is 1. The minimum atomic E-state index is 0. The Morgan fingerprint density at radius 3 is 2.48 bits per heavy atom. The molecule has 2 atom stereocenters. The van der Waals surface area contributed by atoms with Gasteiger partial charge >= 0.3 is 0 Å². The first-order chi connectivity index (χ1) is 13.7. The molecule has 0 aromatic carbocycles. The largest absolute Gasteiger partial charge is 0.356 e. The van der Waals surface area contributed by atoms with Crippen LogP contribution < -0.4 is 10.6 Å². The van der Waals surface area contributed by atoms with E-state index in [9.17, 15) is 4.79 Å². The molecule has 0 aromatic heterocycles. The zero-order chi connectivity index (χ0) is 19.8. The summed E-state index contributed by atoms with van der Waals surface area (Å²) >= 11 is 1.96. The number of aliphatic imine (C=N–C) groups is 1. The second kappa shape index (κ2) is 13.3. The highest BCUT2D eigenvalue weighted by Crippen LogP contribution is 2.30. The van der Waals surface area contributed by atoms with E-state index in [0.717, 1.165) is 74.6 Å². The number of guanidine groups is 1. The third-order valence-corrected chi connectivity index (χ3v) is 7.80. The SMILES string of the molecule is CN=C(NCCC1CCCC(C)C1)NC1CCC(C(=O)N2CCSCC2)CC1.I. The smallest absolute Gasteiger partial charge is 0.225 e. The molecule has 3 rings (SSSR count). The van der Waals surface area contributed by atoms with Gasteiger partial charge in [-0.25, -0.2) is 0 Å². The van der Waals surface area contributed by atoms with Crippen molar-refractivity contribution in [3.8, 4) is 0 Å². The molecule has 1 heterocycles. The number of halogens is 1. The van der Waals surface area contributed by atoms with E-state index in [0.29, 0.717) is 11.9 Å². The maximum Gasteiger partial charge on any atom is 0.225 e. The number of nitrogens with one attached hydrogen (secondary N) is 2. The Bertz CT molecular complexity index is 519. The summed E-state index contributed by atoms with van der Waals surface area (Å²) in [5, 5.41) is 7.13. The van der Waals surface area contributed by atoms with Gasteiger partial charge in [-0.3, -0.25) is 9.79 Å². The van der Waals surface area contributed by atoms with Gasteiger partial charge in [0, 0.05) is 50.1 Å². The molecule has 3 aliphatic rings. The second-order valence-electron chi connectivity index (χ2n) is 9.06. The maximum absolute atomic E-state index is 12.7. The normalized spacial score (nSPS) is 31.0. The third kappa shape index (κ3) is 8.11. The zero-order valence-corrected chi connectivity index (χ0v) is 21.5. The lowest BCUT2D eigenvalue weighted by molar-refractivity contribution is -0.136. The van der Waals surface area contributed by atoms with Crippen molar-refractivity contribution in [2.45, 2.75) is 70.8 Å². The van der Waals surface area contributed by atoms with Crippen molar-refractivity contribution in [2.24, 2.45) is 22.7 Å². The van der Waals surface area contributed by atoms with Crippen molar-refractivity contribution < 1.29 is 4.79 Å². The lowest BCUT2D eigenvalue weighted by Crippen LogP contribution is -2.47. The Morgan fingerprint density at radius 2 is 1.83 bits per heavy atom. The minimum Gasteiger partial charge on any atom is -0.356 e. The third-order valence-electron chi connectivity index (χ3n) is 6.85. The van der Waals surface area contributed by atoms with E-state index < -0.39 is 0 Å². The van der Waals surface area contributed by atoms with Crippen molar-refractivity contribution in [2.75, 3.05) is 38.2 Å². The highest BCUT2D eigenvalue weighted by molar-refractivity contribution is 14.0. The summed E-state index contributed by atoms with van der Waals surface area (Å²) < 4.78 is 0. The number of hydrogen-bond donors (Lipinski definition) is 2. The Labute approximate surface area is 199 Å². The van der Waals surface area contributed by atoms with Crippen molar-refractivity contribution in [1.82, 2.24) is 15.5 Å². The topological polar surface area (TPSA) is 56.7 Å². The molecule has 0 bridgehead atoms. The number of rotatable bonds is 5. The molecule has 2 N–H and O–H groups in total. The molecule has 3 fully saturated rings. The fourth-order valence-electron chi connectivity index (χ4n) is 5.13. The molecule has 7 heteroatoms. The molecule has 0 radical (unpaired) electrons. The first-order valence-electron chi connectivity index (χ1n) is 11.5. The van der Waals surface area contributed by atoms with Crippen LogP contribution in [0.1, 0.15) is 64.7 Å². The van der Waals surface area contributed by atoms with Crippen molar-refractivity contribution >= 4 is 47.6 Å². The van der Waals surface area contributed by atoms with Crippen molar-refractivity contribution in [1.29, 1.82) is 0 Å². The second-order valence-corrected chi connectivity index (χ2v) is 10.3. The zero-order valence-electron chi connectivity index (χ0n) is 18.3. The Balaban J connectivity index is 0.00000300. The molecule has 2 aliphatic carbocycles. The predicted molar refractivity (Wildman–Crippen MR) is 135 cm³/mol. The Morgan fingerprint density at radius 1 is 1.10 bits per heavy atom. The van der Waals surface area contributed by atoms with Gasteiger partial charge in [-0.1, -0.05) is 26.2 Å². The van der Waals surface area contributed by atoms with Gasteiger partial charge in [-0.05, 0) is 50.4 Å². The van der Waals surface area contributed by atoms with Crippen LogP contribution in [0.15, 0.2) is 4.99 Å². The van der Waals surface area contributed by atoms with E-state index in [2.05, 4.69) is 27.4 Å².